The molecule has 0 atom stereocenters. The van der Waals surface area contributed by atoms with Gasteiger partial charge in [-0.15, -0.1) is 0 Å². The maximum absolute atomic E-state index is 13.0. The summed E-state index contributed by atoms with van der Waals surface area (Å²) in [6.45, 7) is 4.54. The van der Waals surface area contributed by atoms with Gasteiger partial charge in [-0.05, 0) is 44.7 Å². The molecule has 0 spiro atoms. The summed E-state index contributed by atoms with van der Waals surface area (Å²) in [7, 11) is 0. The van der Waals surface area contributed by atoms with E-state index < -0.39 is 0 Å². The highest BCUT2D eigenvalue weighted by molar-refractivity contribution is 5.94. The van der Waals surface area contributed by atoms with E-state index in [9.17, 15) is 4.79 Å². The number of piperazine rings is 1. The van der Waals surface area contributed by atoms with Gasteiger partial charge in [0, 0.05) is 56.9 Å². The summed E-state index contributed by atoms with van der Waals surface area (Å²) in [5.41, 5.74) is 0.594. The third-order valence-electron chi connectivity index (χ3n) is 6.01. The minimum atomic E-state index is 0.000615. The predicted molar refractivity (Wildman–Crippen MR) is 119 cm³/mol. The standard InChI is InChI=1S/C23H27N7O2/c1-17-26-20(15-21(27-17)30-10-4-9-25-30)28-11-13-29(14-12-28)23(31)18-7-8-22(24-16-18)32-19-5-2-3-6-19/h4,7-10,15-16,19H,2-3,5-6,11-14H2,1H3. The molecule has 32 heavy (non-hydrogen) atoms. The van der Waals surface area contributed by atoms with Crippen molar-refractivity contribution in [2.24, 2.45) is 0 Å². The second-order valence-corrected chi connectivity index (χ2v) is 8.27. The van der Waals surface area contributed by atoms with Crippen LogP contribution in [-0.2, 0) is 0 Å². The zero-order chi connectivity index (χ0) is 21.9. The number of amides is 1. The van der Waals surface area contributed by atoms with E-state index in [1.54, 1.807) is 17.1 Å². The summed E-state index contributed by atoms with van der Waals surface area (Å²) in [5.74, 6) is 2.88. The minimum absolute atomic E-state index is 0.000615. The first-order chi connectivity index (χ1) is 15.7. The molecule has 3 aromatic heterocycles. The highest BCUT2D eigenvalue weighted by atomic mass is 16.5. The molecule has 1 aliphatic heterocycles. The summed E-state index contributed by atoms with van der Waals surface area (Å²) in [4.78, 5) is 30.4. The first-order valence-electron chi connectivity index (χ1n) is 11.2. The average Bonchev–Trinajstić information content (AvgIpc) is 3.54. The van der Waals surface area contributed by atoms with E-state index in [0.29, 0.717) is 43.4 Å². The van der Waals surface area contributed by atoms with Gasteiger partial charge in [-0.2, -0.15) is 5.10 Å². The van der Waals surface area contributed by atoms with Crippen LogP contribution in [0.1, 0.15) is 41.9 Å². The number of rotatable bonds is 5. The fourth-order valence-corrected chi connectivity index (χ4v) is 4.29. The second-order valence-electron chi connectivity index (χ2n) is 8.27. The third-order valence-corrected chi connectivity index (χ3v) is 6.01. The van der Waals surface area contributed by atoms with Crippen LogP contribution in [0.25, 0.3) is 5.82 Å². The molecule has 4 heterocycles. The van der Waals surface area contributed by atoms with E-state index in [1.807, 2.05) is 42.3 Å². The number of aryl methyl sites for hydroxylation is 1. The Kier molecular flexibility index (Phi) is 5.70. The molecule has 3 aromatic rings. The van der Waals surface area contributed by atoms with Crippen molar-refractivity contribution in [2.45, 2.75) is 38.7 Å². The quantitative estimate of drug-likeness (QED) is 0.611. The van der Waals surface area contributed by atoms with Crippen molar-refractivity contribution in [1.82, 2.24) is 29.6 Å². The van der Waals surface area contributed by atoms with Crippen molar-refractivity contribution in [2.75, 3.05) is 31.1 Å². The van der Waals surface area contributed by atoms with Gasteiger partial charge in [0.1, 0.15) is 17.7 Å². The third kappa shape index (κ3) is 4.42. The first-order valence-corrected chi connectivity index (χ1v) is 11.2. The van der Waals surface area contributed by atoms with Crippen molar-refractivity contribution in [3.05, 3.63) is 54.2 Å². The molecule has 0 N–H and O–H groups in total. The largest absolute Gasteiger partial charge is 0.474 e. The van der Waals surface area contributed by atoms with Crippen molar-refractivity contribution >= 4 is 11.7 Å². The Labute approximate surface area is 187 Å². The summed E-state index contributed by atoms with van der Waals surface area (Å²) < 4.78 is 7.63. The van der Waals surface area contributed by atoms with Gasteiger partial charge in [-0.3, -0.25) is 4.79 Å². The Hall–Kier alpha value is -3.49. The number of nitrogens with zero attached hydrogens (tertiary/aromatic N) is 7. The molecule has 0 bridgehead atoms. The number of ether oxygens (including phenoxy) is 1. The molecular formula is C23H27N7O2. The highest BCUT2D eigenvalue weighted by Gasteiger charge is 2.24. The Morgan fingerprint density at radius 3 is 2.53 bits per heavy atom. The van der Waals surface area contributed by atoms with Crippen LogP contribution in [-0.4, -0.2) is 67.8 Å². The van der Waals surface area contributed by atoms with E-state index in [2.05, 4.69) is 25.0 Å². The molecule has 166 valence electrons. The lowest BCUT2D eigenvalue weighted by Crippen LogP contribution is -2.49. The SMILES string of the molecule is Cc1nc(N2CCN(C(=O)c3ccc(OC4CCCC4)nc3)CC2)cc(-n2cccn2)n1. The van der Waals surface area contributed by atoms with Crippen molar-refractivity contribution in [3.8, 4) is 11.7 Å². The van der Waals surface area contributed by atoms with Crippen LogP contribution >= 0.6 is 0 Å². The Morgan fingerprint density at radius 2 is 1.84 bits per heavy atom. The molecule has 1 amide bonds. The van der Waals surface area contributed by atoms with Gasteiger partial charge >= 0.3 is 0 Å². The number of carbonyl (C=O) groups excluding carboxylic acids is 1. The van der Waals surface area contributed by atoms with Crippen LogP contribution in [0.5, 0.6) is 5.88 Å². The predicted octanol–water partition coefficient (Wildman–Crippen LogP) is 2.65. The average molecular weight is 434 g/mol. The molecule has 1 saturated carbocycles. The molecule has 0 aromatic carbocycles. The molecule has 0 radical (unpaired) electrons. The summed E-state index contributed by atoms with van der Waals surface area (Å²) in [5, 5.41) is 4.26. The smallest absolute Gasteiger partial charge is 0.255 e. The second kappa shape index (κ2) is 8.94. The normalized spacial score (nSPS) is 17.0. The molecular weight excluding hydrogens is 406 g/mol. The van der Waals surface area contributed by atoms with Crippen molar-refractivity contribution < 1.29 is 9.53 Å². The molecule has 1 aliphatic carbocycles. The van der Waals surface area contributed by atoms with Gasteiger partial charge in [0.15, 0.2) is 5.82 Å². The molecule has 1 saturated heterocycles. The Balaban J connectivity index is 1.20. The van der Waals surface area contributed by atoms with Gasteiger partial charge in [0.05, 0.1) is 5.56 Å². The number of carbonyl (C=O) groups is 1. The lowest BCUT2D eigenvalue weighted by molar-refractivity contribution is 0.0746. The van der Waals surface area contributed by atoms with Gasteiger partial charge in [-0.1, -0.05) is 0 Å². The molecule has 0 unspecified atom stereocenters. The topological polar surface area (TPSA) is 89.3 Å². The van der Waals surface area contributed by atoms with Crippen LogP contribution in [0.2, 0.25) is 0 Å². The van der Waals surface area contributed by atoms with E-state index in [4.69, 9.17) is 4.74 Å². The molecule has 9 nitrogen and oxygen atoms in total. The highest BCUT2D eigenvalue weighted by Crippen LogP contribution is 2.23. The lowest BCUT2D eigenvalue weighted by Gasteiger charge is -2.35. The van der Waals surface area contributed by atoms with Crippen molar-refractivity contribution in [3.63, 3.8) is 0 Å². The molecule has 5 rings (SSSR count). The molecule has 2 aliphatic rings. The zero-order valence-corrected chi connectivity index (χ0v) is 18.2. The monoisotopic (exact) mass is 433 g/mol. The Bertz CT molecular complexity index is 1050. The lowest BCUT2D eigenvalue weighted by atomic mass is 10.2. The van der Waals surface area contributed by atoms with Gasteiger partial charge < -0.3 is 14.5 Å². The fraction of sp³-hybridized carbons (Fsp3) is 0.435. The van der Waals surface area contributed by atoms with E-state index in [0.717, 1.165) is 24.5 Å². The Morgan fingerprint density at radius 1 is 1.06 bits per heavy atom. The number of pyridine rings is 1. The van der Waals surface area contributed by atoms with E-state index in [-0.39, 0.29) is 12.0 Å². The van der Waals surface area contributed by atoms with Gasteiger partial charge in [-0.25, -0.2) is 19.6 Å². The van der Waals surface area contributed by atoms with Crippen LogP contribution in [0, 0.1) is 6.92 Å². The van der Waals surface area contributed by atoms with Gasteiger partial charge in [0.2, 0.25) is 5.88 Å². The van der Waals surface area contributed by atoms with Crippen LogP contribution in [0.15, 0.2) is 42.9 Å². The summed E-state index contributed by atoms with van der Waals surface area (Å²) in [6.07, 6.45) is 10.1. The van der Waals surface area contributed by atoms with Crippen LogP contribution in [0.4, 0.5) is 5.82 Å². The number of hydrogen-bond donors (Lipinski definition) is 0. The number of hydrogen-bond acceptors (Lipinski definition) is 7. The van der Waals surface area contributed by atoms with E-state index in [1.165, 1.54) is 12.8 Å². The van der Waals surface area contributed by atoms with Crippen LogP contribution in [0.3, 0.4) is 0 Å². The summed E-state index contributed by atoms with van der Waals surface area (Å²) >= 11 is 0. The van der Waals surface area contributed by atoms with Crippen LogP contribution < -0.4 is 9.64 Å². The van der Waals surface area contributed by atoms with Crippen molar-refractivity contribution in [1.29, 1.82) is 0 Å². The minimum Gasteiger partial charge on any atom is -0.474 e. The summed E-state index contributed by atoms with van der Waals surface area (Å²) in [6, 6.07) is 7.42. The maximum Gasteiger partial charge on any atom is 0.255 e. The zero-order valence-electron chi connectivity index (χ0n) is 18.2. The number of aromatic nitrogens is 5. The fourth-order valence-electron chi connectivity index (χ4n) is 4.29. The maximum atomic E-state index is 13.0. The molecule has 9 heteroatoms. The first kappa shape index (κ1) is 20.4. The van der Waals surface area contributed by atoms with E-state index >= 15 is 0 Å². The van der Waals surface area contributed by atoms with Gasteiger partial charge in [0.25, 0.3) is 5.91 Å². The number of anilines is 1. The molecule has 2 fully saturated rings.